The number of amides is 1. The van der Waals surface area contributed by atoms with Crippen molar-refractivity contribution in [3.63, 3.8) is 0 Å². The van der Waals surface area contributed by atoms with Crippen LogP contribution in [0.15, 0.2) is 0 Å². The van der Waals surface area contributed by atoms with Crippen molar-refractivity contribution in [2.45, 2.75) is 13.0 Å². The summed E-state index contributed by atoms with van der Waals surface area (Å²) in [7, 11) is -0.851. The zero-order valence-corrected chi connectivity index (χ0v) is 7.61. The van der Waals surface area contributed by atoms with Gasteiger partial charge in [0, 0.05) is 29.4 Å². The van der Waals surface area contributed by atoms with Gasteiger partial charge in [0.1, 0.15) is 0 Å². The minimum atomic E-state index is -0.851. The van der Waals surface area contributed by atoms with Crippen LogP contribution < -0.4 is 11.1 Å². The van der Waals surface area contributed by atoms with Crippen molar-refractivity contribution in [1.82, 2.24) is 5.32 Å². The van der Waals surface area contributed by atoms with Crippen LogP contribution in [-0.4, -0.2) is 34.7 Å². The van der Waals surface area contributed by atoms with Gasteiger partial charge in [0.15, 0.2) is 0 Å². The topological polar surface area (TPSA) is 72.2 Å². The Bertz CT molecular complexity index is 159. The molecule has 0 aromatic heterocycles. The number of hydrogen-bond acceptors (Lipinski definition) is 3. The fourth-order valence-electron chi connectivity index (χ4n) is 0.479. The molecule has 0 saturated heterocycles. The van der Waals surface area contributed by atoms with Crippen molar-refractivity contribution in [3.05, 3.63) is 0 Å². The van der Waals surface area contributed by atoms with Crippen LogP contribution in [0.1, 0.15) is 6.92 Å². The Morgan fingerprint density at radius 2 is 2.27 bits per heavy atom. The highest BCUT2D eigenvalue weighted by atomic mass is 32.2. The van der Waals surface area contributed by atoms with Crippen LogP contribution >= 0.6 is 0 Å². The van der Waals surface area contributed by atoms with Gasteiger partial charge < -0.3 is 11.1 Å². The predicted molar refractivity (Wildman–Crippen MR) is 45.6 cm³/mol. The predicted octanol–water partition coefficient (Wildman–Crippen LogP) is -1.17. The molecule has 0 aromatic carbocycles. The van der Waals surface area contributed by atoms with Crippen molar-refractivity contribution in [2.24, 2.45) is 5.73 Å². The van der Waals surface area contributed by atoms with E-state index in [2.05, 4.69) is 5.32 Å². The molecule has 66 valence electrons. The molecule has 0 aliphatic carbocycles. The van der Waals surface area contributed by atoms with Gasteiger partial charge in [-0.25, -0.2) is 0 Å². The summed E-state index contributed by atoms with van der Waals surface area (Å²) in [6.45, 7) is 2.04. The Labute approximate surface area is 69.0 Å². The van der Waals surface area contributed by atoms with E-state index in [1.807, 2.05) is 0 Å². The highest BCUT2D eigenvalue weighted by Crippen LogP contribution is 1.76. The molecule has 0 bridgehead atoms. The zero-order valence-electron chi connectivity index (χ0n) is 6.79. The molecule has 0 heterocycles. The Balaban J connectivity index is 3.39. The third kappa shape index (κ3) is 6.00. The number of hydrogen-bond donors (Lipinski definition) is 2. The van der Waals surface area contributed by atoms with Crippen molar-refractivity contribution in [2.75, 3.05) is 18.6 Å². The lowest BCUT2D eigenvalue weighted by molar-refractivity contribution is -0.121. The third-order valence-corrected chi connectivity index (χ3v) is 1.88. The summed E-state index contributed by atoms with van der Waals surface area (Å²) in [5.41, 5.74) is 5.26. The first-order valence-electron chi connectivity index (χ1n) is 3.37. The van der Waals surface area contributed by atoms with Gasteiger partial charge in [-0.3, -0.25) is 9.00 Å². The highest BCUT2D eigenvalue weighted by Gasteiger charge is 2.05. The minimum Gasteiger partial charge on any atom is -0.354 e. The summed E-state index contributed by atoms with van der Waals surface area (Å²) in [5, 5.41) is 2.56. The van der Waals surface area contributed by atoms with E-state index in [1.165, 1.54) is 0 Å². The quantitative estimate of drug-likeness (QED) is 0.569. The smallest absolute Gasteiger partial charge is 0.236 e. The zero-order chi connectivity index (χ0) is 8.85. The molecule has 5 heteroatoms. The van der Waals surface area contributed by atoms with Gasteiger partial charge in [0.05, 0.1) is 6.04 Å². The van der Waals surface area contributed by atoms with Crippen molar-refractivity contribution < 1.29 is 9.00 Å². The minimum absolute atomic E-state index is 0.199. The molecule has 0 aromatic rings. The van der Waals surface area contributed by atoms with Gasteiger partial charge in [-0.2, -0.15) is 0 Å². The van der Waals surface area contributed by atoms with Crippen molar-refractivity contribution in [3.8, 4) is 0 Å². The SMILES string of the molecule is C[C@H](N)C(=O)NCCS(C)=O. The molecule has 2 atom stereocenters. The largest absolute Gasteiger partial charge is 0.354 e. The molecule has 0 fully saturated rings. The second-order valence-electron chi connectivity index (χ2n) is 2.36. The Hall–Kier alpha value is -0.420. The van der Waals surface area contributed by atoms with E-state index in [-0.39, 0.29) is 5.91 Å². The van der Waals surface area contributed by atoms with Gasteiger partial charge in [0.2, 0.25) is 5.91 Å². The molecule has 0 aliphatic heterocycles. The van der Waals surface area contributed by atoms with E-state index < -0.39 is 16.8 Å². The first-order valence-corrected chi connectivity index (χ1v) is 5.10. The summed E-state index contributed by atoms with van der Waals surface area (Å²) in [6, 6.07) is -0.486. The maximum atomic E-state index is 10.8. The molecule has 0 saturated carbocycles. The van der Waals surface area contributed by atoms with E-state index in [4.69, 9.17) is 5.73 Å². The van der Waals surface area contributed by atoms with Gasteiger partial charge >= 0.3 is 0 Å². The van der Waals surface area contributed by atoms with Gasteiger partial charge in [-0.05, 0) is 6.92 Å². The molecular formula is C6H14N2O2S. The van der Waals surface area contributed by atoms with Crippen LogP contribution in [0.2, 0.25) is 0 Å². The van der Waals surface area contributed by atoms with Crippen molar-refractivity contribution in [1.29, 1.82) is 0 Å². The maximum Gasteiger partial charge on any atom is 0.236 e. The molecule has 11 heavy (non-hydrogen) atoms. The van der Waals surface area contributed by atoms with Crippen LogP contribution in [0.25, 0.3) is 0 Å². The molecule has 1 amide bonds. The maximum absolute atomic E-state index is 10.8. The first-order chi connectivity index (χ1) is 5.04. The average Bonchev–Trinajstić information content (AvgIpc) is 1.86. The lowest BCUT2D eigenvalue weighted by Crippen LogP contribution is -2.39. The second-order valence-corrected chi connectivity index (χ2v) is 3.91. The van der Waals surface area contributed by atoms with Gasteiger partial charge in [-0.15, -0.1) is 0 Å². The van der Waals surface area contributed by atoms with Crippen LogP contribution in [0.5, 0.6) is 0 Å². The molecular weight excluding hydrogens is 164 g/mol. The summed E-state index contributed by atoms with van der Waals surface area (Å²) < 4.78 is 10.5. The third-order valence-electron chi connectivity index (χ3n) is 1.10. The molecule has 0 aliphatic rings. The number of nitrogens with one attached hydrogen (secondary N) is 1. The lowest BCUT2D eigenvalue weighted by Gasteiger charge is -2.05. The summed E-state index contributed by atoms with van der Waals surface area (Å²) in [5.74, 6) is 0.286. The van der Waals surface area contributed by atoms with E-state index >= 15 is 0 Å². The number of rotatable bonds is 4. The van der Waals surface area contributed by atoms with Gasteiger partial charge in [-0.1, -0.05) is 0 Å². The van der Waals surface area contributed by atoms with Crippen molar-refractivity contribution >= 4 is 16.7 Å². The lowest BCUT2D eigenvalue weighted by atomic mass is 10.3. The Morgan fingerprint density at radius 3 is 2.64 bits per heavy atom. The standard InChI is InChI=1S/C6H14N2O2S/c1-5(7)6(9)8-3-4-11(2)10/h5H,3-4,7H2,1-2H3,(H,8,9)/t5-,11?/m0/s1. The summed E-state index contributed by atoms with van der Waals surface area (Å²) in [4.78, 5) is 10.8. The average molecular weight is 178 g/mol. The molecule has 0 radical (unpaired) electrons. The van der Waals surface area contributed by atoms with Crippen LogP contribution in [0, 0.1) is 0 Å². The van der Waals surface area contributed by atoms with E-state index in [1.54, 1.807) is 13.2 Å². The number of carbonyl (C=O) groups is 1. The van der Waals surface area contributed by atoms with Crippen LogP contribution in [0.4, 0.5) is 0 Å². The van der Waals surface area contributed by atoms with Crippen LogP contribution in [0.3, 0.4) is 0 Å². The number of carbonyl (C=O) groups excluding carboxylic acids is 1. The molecule has 0 rings (SSSR count). The first kappa shape index (κ1) is 10.6. The fourth-order valence-corrected chi connectivity index (χ4v) is 0.868. The fraction of sp³-hybridized carbons (Fsp3) is 0.833. The molecule has 3 N–H and O–H groups in total. The van der Waals surface area contributed by atoms with E-state index in [9.17, 15) is 9.00 Å². The second kappa shape index (κ2) is 5.26. The van der Waals surface area contributed by atoms with Crippen LogP contribution in [-0.2, 0) is 15.6 Å². The summed E-state index contributed by atoms with van der Waals surface area (Å²) in [6.07, 6.45) is 1.60. The molecule has 1 unspecified atom stereocenters. The number of nitrogens with two attached hydrogens (primary N) is 1. The van der Waals surface area contributed by atoms with E-state index in [0.717, 1.165) is 0 Å². The monoisotopic (exact) mass is 178 g/mol. The Morgan fingerprint density at radius 1 is 1.73 bits per heavy atom. The summed E-state index contributed by atoms with van der Waals surface area (Å²) >= 11 is 0. The molecule has 4 nitrogen and oxygen atoms in total. The highest BCUT2D eigenvalue weighted by molar-refractivity contribution is 7.84. The van der Waals surface area contributed by atoms with Gasteiger partial charge in [0.25, 0.3) is 0 Å². The normalized spacial score (nSPS) is 15.5. The molecule has 0 spiro atoms. The Kier molecular flexibility index (Phi) is 5.06. The van der Waals surface area contributed by atoms with E-state index in [0.29, 0.717) is 12.3 Å².